The Morgan fingerprint density at radius 3 is 2.43 bits per heavy atom. The highest BCUT2D eigenvalue weighted by Crippen LogP contribution is 2.25. The summed E-state index contributed by atoms with van der Waals surface area (Å²) in [4.78, 5) is 33.4. The molecular weight excluding hydrogens is 474 g/mol. The summed E-state index contributed by atoms with van der Waals surface area (Å²) in [6, 6.07) is 19.7. The van der Waals surface area contributed by atoms with Gasteiger partial charge in [0.2, 0.25) is 5.91 Å². The quantitative estimate of drug-likeness (QED) is 0.279. The van der Waals surface area contributed by atoms with Gasteiger partial charge in [0, 0.05) is 47.2 Å². The van der Waals surface area contributed by atoms with E-state index >= 15 is 4.39 Å². The highest BCUT2D eigenvalue weighted by molar-refractivity contribution is 6.02. The van der Waals surface area contributed by atoms with Crippen LogP contribution >= 0.6 is 0 Å². The maximum Gasteiger partial charge on any atom is 0.254 e. The molecule has 0 spiro atoms. The zero-order valence-corrected chi connectivity index (χ0v) is 19.5. The van der Waals surface area contributed by atoms with Crippen LogP contribution in [-0.4, -0.2) is 27.8 Å². The molecule has 0 saturated heterocycles. The number of rotatable bonds is 7. The van der Waals surface area contributed by atoms with E-state index in [-0.39, 0.29) is 17.5 Å². The van der Waals surface area contributed by atoms with Crippen LogP contribution in [-0.2, 0) is 11.2 Å². The average molecular weight is 497 g/mol. The largest absolute Gasteiger partial charge is 0.361 e. The van der Waals surface area contributed by atoms with Gasteiger partial charge in [-0.15, -0.1) is 0 Å². The van der Waals surface area contributed by atoms with Gasteiger partial charge in [-0.1, -0.05) is 42.5 Å². The second-order valence-electron chi connectivity index (χ2n) is 8.49. The number of H-pyrrole nitrogens is 1. The number of hydrogen-bond acceptors (Lipinski definition) is 3. The van der Waals surface area contributed by atoms with Crippen LogP contribution in [0.1, 0.15) is 15.9 Å². The number of pyridine rings is 1. The Hall–Kier alpha value is -4.85. The molecule has 2 heterocycles. The summed E-state index contributed by atoms with van der Waals surface area (Å²) in [7, 11) is 0. The van der Waals surface area contributed by atoms with Crippen LogP contribution in [0.5, 0.6) is 0 Å². The zero-order chi connectivity index (χ0) is 25.8. The second-order valence-corrected chi connectivity index (χ2v) is 8.49. The number of amides is 2. The van der Waals surface area contributed by atoms with Gasteiger partial charge in [-0.05, 0) is 47.5 Å². The van der Waals surface area contributed by atoms with Crippen molar-refractivity contribution >= 4 is 28.4 Å². The lowest BCUT2D eigenvalue weighted by Crippen LogP contribution is -2.45. The molecule has 184 valence electrons. The molecule has 0 saturated carbocycles. The van der Waals surface area contributed by atoms with Crippen molar-refractivity contribution in [3.8, 4) is 11.1 Å². The molecule has 0 aliphatic rings. The fraction of sp³-hybridized carbons (Fsp3) is 0.0690. The predicted molar refractivity (Wildman–Crippen MR) is 138 cm³/mol. The molecule has 2 amide bonds. The van der Waals surface area contributed by atoms with E-state index in [1.54, 1.807) is 30.5 Å². The summed E-state index contributed by atoms with van der Waals surface area (Å²) in [5.41, 5.74) is 2.51. The van der Waals surface area contributed by atoms with Crippen molar-refractivity contribution in [1.29, 1.82) is 0 Å². The van der Waals surface area contributed by atoms with Crippen LogP contribution in [0.4, 0.5) is 14.5 Å². The number of nitrogens with one attached hydrogen (secondary N) is 3. The molecule has 0 bridgehead atoms. The number of benzene rings is 3. The number of aromatic amines is 1. The first kappa shape index (κ1) is 23.9. The molecule has 3 aromatic carbocycles. The molecule has 6 nitrogen and oxygen atoms in total. The molecule has 8 heteroatoms. The number of aromatic nitrogens is 2. The summed E-state index contributed by atoms with van der Waals surface area (Å²) in [5, 5.41) is 6.36. The Morgan fingerprint density at radius 2 is 1.65 bits per heavy atom. The van der Waals surface area contributed by atoms with Crippen LogP contribution < -0.4 is 10.6 Å². The van der Waals surface area contributed by atoms with Gasteiger partial charge >= 0.3 is 0 Å². The summed E-state index contributed by atoms with van der Waals surface area (Å²) in [6.07, 6.45) is 5.03. The van der Waals surface area contributed by atoms with E-state index in [2.05, 4.69) is 20.6 Å². The molecule has 5 aromatic rings. The van der Waals surface area contributed by atoms with Gasteiger partial charge in [-0.25, -0.2) is 8.78 Å². The Labute approximate surface area is 211 Å². The van der Waals surface area contributed by atoms with Crippen molar-refractivity contribution in [2.45, 2.75) is 12.5 Å². The third-order valence-electron chi connectivity index (χ3n) is 6.07. The SMILES string of the molecule is O=C(N[C@@H](Cc1c[nH]c2ccccc12)C(=O)Nc1ccncc1)c1ccc(-c2ccccc2F)cc1F. The van der Waals surface area contributed by atoms with E-state index in [1.807, 2.05) is 24.3 Å². The van der Waals surface area contributed by atoms with Gasteiger partial charge in [0.05, 0.1) is 5.56 Å². The Kier molecular flexibility index (Phi) is 6.72. The first-order chi connectivity index (χ1) is 18.0. The molecule has 0 unspecified atom stereocenters. The Morgan fingerprint density at radius 1 is 0.892 bits per heavy atom. The molecule has 5 rings (SSSR count). The summed E-state index contributed by atoms with van der Waals surface area (Å²) >= 11 is 0. The smallest absolute Gasteiger partial charge is 0.254 e. The Balaban J connectivity index is 1.41. The average Bonchev–Trinajstić information content (AvgIpc) is 3.32. The third-order valence-corrected chi connectivity index (χ3v) is 6.07. The lowest BCUT2D eigenvalue weighted by molar-refractivity contribution is -0.118. The van der Waals surface area contributed by atoms with Crippen molar-refractivity contribution in [2.24, 2.45) is 0 Å². The minimum Gasteiger partial charge on any atom is -0.361 e. The predicted octanol–water partition coefficient (Wildman–Crippen LogP) is 5.49. The molecule has 0 aliphatic heterocycles. The van der Waals surface area contributed by atoms with Gasteiger partial charge in [-0.2, -0.15) is 0 Å². The van der Waals surface area contributed by atoms with E-state index < -0.39 is 29.5 Å². The van der Waals surface area contributed by atoms with E-state index in [4.69, 9.17) is 0 Å². The molecule has 37 heavy (non-hydrogen) atoms. The van der Waals surface area contributed by atoms with Crippen LogP contribution in [0.2, 0.25) is 0 Å². The number of nitrogens with zero attached hydrogens (tertiary/aromatic N) is 1. The fourth-order valence-electron chi connectivity index (χ4n) is 4.19. The molecule has 0 fully saturated rings. The van der Waals surface area contributed by atoms with Crippen molar-refractivity contribution in [1.82, 2.24) is 15.3 Å². The molecule has 1 atom stereocenters. The lowest BCUT2D eigenvalue weighted by atomic mass is 10.0. The van der Waals surface area contributed by atoms with Crippen molar-refractivity contribution in [3.63, 3.8) is 0 Å². The molecule has 0 radical (unpaired) electrons. The highest BCUT2D eigenvalue weighted by atomic mass is 19.1. The second kappa shape index (κ2) is 10.4. The standard InChI is InChI=1S/C29H22F2N4O2/c30-24-7-3-1-5-21(24)18-9-10-23(25(31)15-18)28(36)35-27(29(37)34-20-11-13-32-14-12-20)16-19-17-33-26-8-4-2-6-22(19)26/h1-15,17,27,33H,16H2,(H,35,36)(H,32,34,37)/t27-/m0/s1. The van der Waals surface area contributed by atoms with Gasteiger partial charge in [0.15, 0.2) is 0 Å². The number of hydrogen-bond donors (Lipinski definition) is 3. The topological polar surface area (TPSA) is 86.9 Å². The van der Waals surface area contributed by atoms with Gasteiger partial charge in [0.25, 0.3) is 5.91 Å². The van der Waals surface area contributed by atoms with E-state index in [9.17, 15) is 14.0 Å². The molecule has 2 aromatic heterocycles. The maximum absolute atomic E-state index is 15.0. The number of anilines is 1. The van der Waals surface area contributed by atoms with Crippen LogP contribution in [0.3, 0.4) is 0 Å². The first-order valence-electron chi connectivity index (χ1n) is 11.6. The number of carbonyl (C=O) groups is 2. The summed E-state index contributed by atoms with van der Waals surface area (Å²) in [6.45, 7) is 0. The zero-order valence-electron chi connectivity index (χ0n) is 19.5. The minimum absolute atomic E-state index is 0.168. The minimum atomic E-state index is -1.01. The number of halogens is 2. The van der Waals surface area contributed by atoms with Crippen molar-refractivity contribution in [3.05, 3.63) is 120 Å². The van der Waals surface area contributed by atoms with Gasteiger partial charge in [-0.3, -0.25) is 14.6 Å². The monoisotopic (exact) mass is 496 g/mol. The summed E-state index contributed by atoms with van der Waals surface area (Å²) in [5.74, 6) is -2.54. The Bertz CT molecular complexity index is 1580. The number of para-hydroxylation sites is 1. The number of carbonyl (C=O) groups excluding carboxylic acids is 2. The van der Waals surface area contributed by atoms with Crippen molar-refractivity contribution < 1.29 is 18.4 Å². The normalized spacial score (nSPS) is 11.7. The molecular formula is C29H22F2N4O2. The lowest BCUT2D eigenvalue weighted by Gasteiger charge is -2.19. The van der Waals surface area contributed by atoms with E-state index in [0.29, 0.717) is 11.3 Å². The van der Waals surface area contributed by atoms with Crippen LogP contribution in [0.15, 0.2) is 97.5 Å². The van der Waals surface area contributed by atoms with Crippen LogP contribution in [0.25, 0.3) is 22.0 Å². The fourth-order valence-corrected chi connectivity index (χ4v) is 4.19. The molecule has 3 N–H and O–H groups in total. The van der Waals surface area contributed by atoms with Gasteiger partial charge in [0.1, 0.15) is 17.7 Å². The highest BCUT2D eigenvalue weighted by Gasteiger charge is 2.25. The van der Waals surface area contributed by atoms with Crippen LogP contribution in [0, 0.1) is 11.6 Å². The third kappa shape index (κ3) is 5.23. The first-order valence-corrected chi connectivity index (χ1v) is 11.6. The van der Waals surface area contributed by atoms with E-state index in [0.717, 1.165) is 22.5 Å². The van der Waals surface area contributed by atoms with E-state index in [1.165, 1.54) is 36.7 Å². The maximum atomic E-state index is 15.0. The van der Waals surface area contributed by atoms with Crippen molar-refractivity contribution in [2.75, 3.05) is 5.32 Å². The molecule has 0 aliphatic carbocycles. The summed E-state index contributed by atoms with van der Waals surface area (Å²) < 4.78 is 29.2. The number of fused-ring (bicyclic) bond motifs is 1. The van der Waals surface area contributed by atoms with Gasteiger partial charge < -0.3 is 15.6 Å².